The maximum atomic E-state index is 12.6. The van der Waals surface area contributed by atoms with Crippen LogP contribution in [0.2, 0.25) is 0 Å². The zero-order chi connectivity index (χ0) is 16.4. The summed E-state index contributed by atoms with van der Waals surface area (Å²) < 4.78 is 1.74. The number of carbonyl (C=O) groups is 1. The van der Waals surface area contributed by atoms with E-state index in [9.17, 15) is 9.90 Å². The topological polar surface area (TPSA) is 71.2 Å². The number of carbonyl (C=O) groups excluding carboxylic acids is 1. The summed E-state index contributed by atoms with van der Waals surface area (Å²) in [6.45, 7) is 5.42. The second-order valence-corrected chi connectivity index (χ2v) is 6.21. The molecule has 2 aromatic heterocycles. The van der Waals surface area contributed by atoms with E-state index in [1.165, 1.54) is 0 Å². The van der Waals surface area contributed by atoms with Gasteiger partial charge in [0.05, 0.1) is 5.69 Å². The largest absolute Gasteiger partial charge is 0.396 e. The monoisotopic (exact) mass is 314 g/mol. The Morgan fingerprint density at radius 1 is 1.30 bits per heavy atom. The van der Waals surface area contributed by atoms with Crippen LogP contribution >= 0.6 is 0 Å². The van der Waals surface area contributed by atoms with Crippen molar-refractivity contribution in [2.24, 2.45) is 5.92 Å². The molecule has 0 saturated carbocycles. The maximum Gasteiger partial charge on any atom is 0.244 e. The summed E-state index contributed by atoms with van der Waals surface area (Å²) in [4.78, 5) is 18.5. The van der Waals surface area contributed by atoms with Crippen molar-refractivity contribution < 1.29 is 9.90 Å². The number of aryl methyl sites for hydroxylation is 2. The first kappa shape index (κ1) is 15.7. The minimum atomic E-state index is 0.0474. The third kappa shape index (κ3) is 3.27. The first-order chi connectivity index (χ1) is 11.1. The second-order valence-electron chi connectivity index (χ2n) is 6.21. The number of hydrogen-bond acceptors (Lipinski definition) is 4. The van der Waals surface area contributed by atoms with E-state index in [0.717, 1.165) is 17.0 Å². The van der Waals surface area contributed by atoms with Crippen LogP contribution in [-0.4, -0.2) is 50.4 Å². The van der Waals surface area contributed by atoms with E-state index in [4.69, 9.17) is 0 Å². The summed E-state index contributed by atoms with van der Waals surface area (Å²) in [7, 11) is 0. The maximum absolute atomic E-state index is 12.6. The number of aliphatic hydroxyl groups is 1. The third-order valence-corrected chi connectivity index (χ3v) is 4.55. The van der Waals surface area contributed by atoms with Crippen molar-refractivity contribution in [2.45, 2.75) is 26.3 Å². The van der Waals surface area contributed by atoms with Gasteiger partial charge in [-0.25, -0.2) is 0 Å². The van der Waals surface area contributed by atoms with Gasteiger partial charge in [0.15, 0.2) is 0 Å². The van der Waals surface area contributed by atoms with Gasteiger partial charge >= 0.3 is 0 Å². The Morgan fingerprint density at radius 3 is 2.65 bits per heavy atom. The van der Waals surface area contributed by atoms with Gasteiger partial charge in [0, 0.05) is 49.6 Å². The molecule has 6 nitrogen and oxygen atoms in total. The van der Waals surface area contributed by atoms with E-state index >= 15 is 0 Å². The lowest BCUT2D eigenvalue weighted by atomic mass is 9.90. The molecule has 2 atom stereocenters. The van der Waals surface area contributed by atoms with Crippen LogP contribution in [0.4, 0.5) is 0 Å². The molecule has 1 aliphatic rings. The molecule has 1 aliphatic heterocycles. The minimum absolute atomic E-state index is 0.0474. The summed E-state index contributed by atoms with van der Waals surface area (Å²) in [5.74, 6) is 0.278. The number of hydrogen-bond donors (Lipinski definition) is 1. The van der Waals surface area contributed by atoms with E-state index in [2.05, 4.69) is 10.1 Å². The SMILES string of the molecule is Cc1cc(C)n(CC(=O)N2C[C@@H](CO)[C@H](c3ccncc3)C2)n1. The van der Waals surface area contributed by atoms with Gasteiger partial charge in [-0.3, -0.25) is 14.5 Å². The lowest BCUT2D eigenvalue weighted by Crippen LogP contribution is -2.33. The van der Waals surface area contributed by atoms with E-state index in [1.54, 1.807) is 17.1 Å². The van der Waals surface area contributed by atoms with Gasteiger partial charge in [-0.05, 0) is 37.6 Å². The molecule has 23 heavy (non-hydrogen) atoms. The van der Waals surface area contributed by atoms with Gasteiger partial charge in [0.2, 0.25) is 5.91 Å². The van der Waals surface area contributed by atoms with Crippen LogP contribution in [0.1, 0.15) is 22.9 Å². The molecular weight excluding hydrogens is 292 g/mol. The predicted octanol–water partition coefficient (Wildman–Crippen LogP) is 1.13. The molecule has 1 N–H and O–H groups in total. The lowest BCUT2D eigenvalue weighted by molar-refractivity contribution is -0.131. The van der Waals surface area contributed by atoms with Gasteiger partial charge in [-0.2, -0.15) is 5.10 Å². The molecule has 1 fully saturated rings. The van der Waals surface area contributed by atoms with E-state index < -0.39 is 0 Å². The van der Waals surface area contributed by atoms with Crippen LogP contribution in [-0.2, 0) is 11.3 Å². The van der Waals surface area contributed by atoms with Crippen molar-refractivity contribution in [1.29, 1.82) is 0 Å². The molecule has 0 aliphatic carbocycles. The summed E-state index contributed by atoms with van der Waals surface area (Å²) in [5.41, 5.74) is 3.03. The van der Waals surface area contributed by atoms with E-state index in [1.807, 2.05) is 36.9 Å². The van der Waals surface area contributed by atoms with Crippen LogP contribution in [0.5, 0.6) is 0 Å². The number of pyridine rings is 1. The fraction of sp³-hybridized carbons (Fsp3) is 0.471. The summed E-state index contributed by atoms with van der Waals surface area (Å²) in [6, 6.07) is 5.89. The Labute approximate surface area is 135 Å². The molecule has 2 aromatic rings. The van der Waals surface area contributed by atoms with Crippen LogP contribution < -0.4 is 0 Å². The van der Waals surface area contributed by atoms with Crippen molar-refractivity contribution in [2.75, 3.05) is 19.7 Å². The highest BCUT2D eigenvalue weighted by atomic mass is 16.3. The van der Waals surface area contributed by atoms with Gasteiger partial charge in [0.25, 0.3) is 0 Å². The molecule has 1 amide bonds. The highest BCUT2D eigenvalue weighted by Gasteiger charge is 2.35. The zero-order valence-corrected chi connectivity index (χ0v) is 13.5. The van der Waals surface area contributed by atoms with Gasteiger partial charge < -0.3 is 10.0 Å². The van der Waals surface area contributed by atoms with Gasteiger partial charge in [-0.1, -0.05) is 0 Å². The number of amides is 1. The Hall–Kier alpha value is -2.21. The molecule has 3 heterocycles. The molecule has 0 spiro atoms. The van der Waals surface area contributed by atoms with Crippen molar-refractivity contribution in [1.82, 2.24) is 19.7 Å². The molecule has 0 bridgehead atoms. The molecular formula is C17H22N4O2. The molecule has 122 valence electrons. The molecule has 0 aromatic carbocycles. The standard InChI is InChI=1S/C17H22N4O2/c1-12-7-13(2)21(19-12)10-17(23)20-8-15(11-22)16(9-20)14-3-5-18-6-4-14/h3-7,15-16,22H,8-11H2,1-2H3/t15-,16-/m0/s1. The third-order valence-electron chi connectivity index (χ3n) is 4.55. The summed E-state index contributed by atoms with van der Waals surface area (Å²) >= 11 is 0. The highest BCUT2D eigenvalue weighted by molar-refractivity contribution is 5.76. The second kappa shape index (κ2) is 6.50. The molecule has 1 saturated heterocycles. The van der Waals surface area contributed by atoms with Gasteiger partial charge in [-0.15, -0.1) is 0 Å². The number of aromatic nitrogens is 3. The normalized spacial score (nSPS) is 20.9. The van der Waals surface area contributed by atoms with Crippen LogP contribution in [0.25, 0.3) is 0 Å². The average molecular weight is 314 g/mol. The molecule has 0 unspecified atom stereocenters. The Balaban J connectivity index is 1.72. The van der Waals surface area contributed by atoms with Crippen LogP contribution in [0, 0.1) is 19.8 Å². The number of rotatable bonds is 4. The van der Waals surface area contributed by atoms with Crippen molar-refractivity contribution >= 4 is 5.91 Å². The number of aliphatic hydroxyl groups excluding tert-OH is 1. The quantitative estimate of drug-likeness (QED) is 0.918. The molecule has 3 rings (SSSR count). The summed E-state index contributed by atoms with van der Waals surface area (Å²) in [5, 5.41) is 14.0. The molecule has 0 radical (unpaired) electrons. The van der Waals surface area contributed by atoms with Crippen molar-refractivity contribution in [3.8, 4) is 0 Å². The number of nitrogens with zero attached hydrogens (tertiary/aromatic N) is 4. The summed E-state index contributed by atoms with van der Waals surface area (Å²) in [6.07, 6.45) is 3.51. The Morgan fingerprint density at radius 2 is 2.04 bits per heavy atom. The van der Waals surface area contributed by atoms with E-state index in [-0.39, 0.29) is 30.9 Å². The Bertz CT molecular complexity index is 683. The van der Waals surface area contributed by atoms with E-state index in [0.29, 0.717) is 13.1 Å². The fourth-order valence-electron chi connectivity index (χ4n) is 3.31. The molecule has 6 heteroatoms. The predicted molar refractivity (Wildman–Crippen MR) is 85.8 cm³/mol. The van der Waals surface area contributed by atoms with Crippen LogP contribution in [0.15, 0.2) is 30.6 Å². The smallest absolute Gasteiger partial charge is 0.244 e. The Kier molecular flexibility index (Phi) is 4.43. The van der Waals surface area contributed by atoms with Gasteiger partial charge in [0.1, 0.15) is 6.54 Å². The fourth-order valence-corrected chi connectivity index (χ4v) is 3.31. The first-order valence-electron chi connectivity index (χ1n) is 7.88. The average Bonchev–Trinajstić information content (AvgIpc) is 3.11. The lowest BCUT2D eigenvalue weighted by Gasteiger charge is -2.17. The van der Waals surface area contributed by atoms with Crippen molar-refractivity contribution in [3.05, 3.63) is 47.5 Å². The highest BCUT2D eigenvalue weighted by Crippen LogP contribution is 2.32. The number of likely N-dealkylation sites (tertiary alicyclic amines) is 1. The minimum Gasteiger partial charge on any atom is -0.396 e. The zero-order valence-electron chi connectivity index (χ0n) is 13.5. The van der Waals surface area contributed by atoms with Crippen LogP contribution in [0.3, 0.4) is 0 Å². The van der Waals surface area contributed by atoms with Crippen molar-refractivity contribution in [3.63, 3.8) is 0 Å². The first-order valence-corrected chi connectivity index (χ1v) is 7.88.